The van der Waals surface area contributed by atoms with E-state index in [1.807, 2.05) is 72.8 Å². The van der Waals surface area contributed by atoms with Crippen molar-refractivity contribution in [3.05, 3.63) is 176 Å². The lowest BCUT2D eigenvalue weighted by Crippen LogP contribution is -1.97. The van der Waals surface area contributed by atoms with E-state index in [-0.39, 0.29) is 0 Å². The molecule has 0 bridgehead atoms. The topological polar surface area (TPSA) is 90.7 Å². The van der Waals surface area contributed by atoms with Crippen LogP contribution in [0.2, 0.25) is 0 Å². The van der Waals surface area contributed by atoms with E-state index in [9.17, 15) is 0 Å². The number of nitrogens with zero attached hydrogens (tertiary/aromatic N) is 5. The molecule has 7 heteroatoms. The van der Waals surface area contributed by atoms with Crippen LogP contribution in [0.3, 0.4) is 0 Å². The number of furan rings is 2. The molecular formula is C49H29N5O2. The zero-order valence-corrected chi connectivity index (χ0v) is 29.8. The summed E-state index contributed by atoms with van der Waals surface area (Å²) < 4.78 is 12.4. The summed E-state index contributed by atoms with van der Waals surface area (Å²) in [7, 11) is 0. The van der Waals surface area contributed by atoms with Gasteiger partial charge in [-0.15, -0.1) is 0 Å². The monoisotopic (exact) mass is 719 g/mol. The van der Waals surface area contributed by atoms with Gasteiger partial charge in [-0.1, -0.05) is 97.1 Å². The van der Waals surface area contributed by atoms with Crippen LogP contribution >= 0.6 is 0 Å². The molecule has 262 valence electrons. The molecular weight excluding hydrogens is 691 g/mol. The Labute approximate surface area is 320 Å². The lowest BCUT2D eigenvalue weighted by molar-refractivity contribution is 0.668. The summed E-state index contributed by atoms with van der Waals surface area (Å²) in [5.41, 5.74) is 12.9. The fraction of sp³-hybridized carbons (Fsp3) is 0. The van der Waals surface area contributed by atoms with Gasteiger partial charge in [-0.05, 0) is 89.0 Å². The quantitative estimate of drug-likeness (QED) is 0.169. The molecule has 0 saturated carbocycles. The van der Waals surface area contributed by atoms with Crippen molar-refractivity contribution < 1.29 is 8.83 Å². The standard InChI is InChI=1S/C49H29N5O2/c1-2-9-30(10-3-1)42-27-43(33-11-8-12-34(21-33)48-51-28-50-29-52-48)54-49(53-42)37-23-35(31-17-19-46-40(25-31)38-13-4-6-15-44(38)55-46)22-36(24-37)32-18-20-47-41(26-32)39-14-5-7-16-45(39)56-47/h1-29H. The van der Waals surface area contributed by atoms with E-state index in [1.165, 1.54) is 12.7 Å². The van der Waals surface area contributed by atoms with Crippen LogP contribution in [-0.2, 0) is 0 Å². The Bertz CT molecular complexity index is 3130. The lowest BCUT2D eigenvalue weighted by Gasteiger charge is -2.13. The Morgan fingerprint density at radius 2 is 0.804 bits per heavy atom. The van der Waals surface area contributed by atoms with Gasteiger partial charge < -0.3 is 8.83 Å². The maximum atomic E-state index is 6.20. The molecule has 56 heavy (non-hydrogen) atoms. The van der Waals surface area contributed by atoms with Crippen LogP contribution in [0, 0.1) is 0 Å². The fourth-order valence-corrected chi connectivity index (χ4v) is 7.59. The molecule has 0 radical (unpaired) electrons. The van der Waals surface area contributed by atoms with E-state index < -0.39 is 0 Å². The van der Waals surface area contributed by atoms with E-state index in [0.717, 1.165) is 99.8 Å². The Morgan fingerprint density at radius 1 is 0.304 bits per heavy atom. The molecule has 0 aliphatic carbocycles. The van der Waals surface area contributed by atoms with Crippen molar-refractivity contribution >= 4 is 43.9 Å². The Kier molecular flexibility index (Phi) is 7.35. The summed E-state index contributed by atoms with van der Waals surface area (Å²) in [6.45, 7) is 0. The molecule has 0 saturated heterocycles. The van der Waals surface area contributed by atoms with Crippen molar-refractivity contribution in [3.8, 4) is 67.5 Å². The summed E-state index contributed by atoms with van der Waals surface area (Å²) in [4.78, 5) is 23.3. The number of fused-ring (bicyclic) bond motifs is 6. The molecule has 0 unspecified atom stereocenters. The number of rotatable bonds is 6. The second-order valence-electron chi connectivity index (χ2n) is 13.8. The van der Waals surface area contributed by atoms with E-state index >= 15 is 0 Å². The van der Waals surface area contributed by atoms with Crippen molar-refractivity contribution in [3.63, 3.8) is 0 Å². The first-order valence-electron chi connectivity index (χ1n) is 18.4. The molecule has 0 amide bonds. The van der Waals surface area contributed by atoms with Crippen molar-refractivity contribution in [1.82, 2.24) is 24.9 Å². The smallest absolute Gasteiger partial charge is 0.162 e. The van der Waals surface area contributed by atoms with Crippen LogP contribution in [0.25, 0.3) is 111 Å². The second-order valence-corrected chi connectivity index (χ2v) is 13.8. The zero-order valence-electron chi connectivity index (χ0n) is 29.8. The van der Waals surface area contributed by atoms with Gasteiger partial charge in [0, 0.05) is 43.8 Å². The minimum Gasteiger partial charge on any atom is -0.456 e. The zero-order chi connectivity index (χ0) is 37.0. The van der Waals surface area contributed by atoms with Gasteiger partial charge in [-0.25, -0.2) is 24.9 Å². The maximum Gasteiger partial charge on any atom is 0.162 e. The predicted octanol–water partition coefficient (Wildman–Crippen LogP) is 12.5. The molecule has 0 fully saturated rings. The van der Waals surface area contributed by atoms with E-state index in [0.29, 0.717) is 11.6 Å². The second kappa shape index (κ2) is 13.0. The summed E-state index contributed by atoms with van der Waals surface area (Å²) in [6.07, 6.45) is 3.02. The third kappa shape index (κ3) is 5.58. The van der Waals surface area contributed by atoms with Gasteiger partial charge in [0.25, 0.3) is 0 Å². The minimum atomic E-state index is 0.599. The summed E-state index contributed by atoms with van der Waals surface area (Å²) >= 11 is 0. The van der Waals surface area contributed by atoms with Crippen LogP contribution < -0.4 is 0 Å². The van der Waals surface area contributed by atoms with Crippen molar-refractivity contribution in [2.45, 2.75) is 0 Å². The Hall–Kier alpha value is -7.77. The largest absolute Gasteiger partial charge is 0.456 e. The average Bonchev–Trinajstić information content (AvgIpc) is 3.84. The van der Waals surface area contributed by atoms with Crippen LogP contribution in [0.15, 0.2) is 185 Å². The fourth-order valence-electron chi connectivity index (χ4n) is 7.59. The normalized spacial score (nSPS) is 11.6. The highest BCUT2D eigenvalue weighted by atomic mass is 16.3. The molecule has 11 aromatic rings. The van der Waals surface area contributed by atoms with Crippen molar-refractivity contribution in [1.29, 1.82) is 0 Å². The average molecular weight is 720 g/mol. The van der Waals surface area contributed by atoms with Gasteiger partial charge in [-0.3, -0.25) is 0 Å². The van der Waals surface area contributed by atoms with E-state index in [4.69, 9.17) is 18.8 Å². The van der Waals surface area contributed by atoms with Gasteiger partial charge in [0.05, 0.1) is 11.4 Å². The Morgan fingerprint density at radius 3 is 1.45 bits per heavy atom. The molecule has 0 spiro atoms. The first kappa shape index (κ1) is 31.7. The molecule has 0 aliphatic rings. The van der Waals surface area contributed by atoms with Gasteiger partial charge >= 0.3 is 0 Å². The molecule has 0 atom stereocenters. The number of hydrogen-bond acceptors (Lipinski definition) is 7. The van der Waals surface area contributed by atoms with Crippen molar-refractivity contribution in [2.24, 2.45) is 0 Å². The third-order valence-electron chi connectivity index (χ3n) is 10.3. The first-order valence-corrected chi connectivity index (χ1v) is 18.4. The molecule has 0 N–H and O–H groups in total. The van der Waals surface area contributed by atoms with Crippen LogP contribution in [0.4, 0.5) is 0 Å². The van der Waals surface area contributed by atoms with Gasteiger partial charge in [0.1, 0.15) is 35.0 Å². The first-order chi connectivity index (χ1) is 27.7. The maximum absolute atomic E-state index is 6.20. The van der Waals surface area contributed by atoms with Crippen LogP contribution in [-0.4, -0.2) is 24.9 Å². The molecule has 7 aromatic carbocycles. The molecule has 4 aromatic heterocycles. The van der Waals surface area contributed by atoms with Crippen LogP contribution in [0.5, 0.6) is 0 Å². The van der Waals surface area contributed by atoms with Gasteiger partial charge in [0.2, 0.25) is 0 Å². The highest BCUT2D eigenvalue weighted by Crippen LogP contribution is 2.39. The van der Waals surface area contributed by atoms with Crippen molar-refractivity contribution in [2.75, 3.05) is 0 Å². The number of benzene rings is 7. The third-order valence-corrected chi connectivity index (χ3v) is 10.3. The summed E-state index contributed by atoms with van der Waals surface area (Å²) in [5.74, 6) is 1.21. The minimum absolute atomic E-state index is 0.599. The molecule has 7 nitrogen and oxygen atoms in total. The van der Waals surface area contributed by atoms with Gasteiger partial charge in [0.15, 0.2) is 11.6 Å². The number of aromatic nitrogens is 5. The van der Waals surface area contributed by atoms with Crippen LogP contribution in [0.1, 0.15) is 0 Å². The summed E-state index contributed by atoms with van der Waals surface area (Å²) in [5, 5.41) is 4.31. The highest BCUT2D eigenvalue weighted by Gasteiger charge is 2.17. The highest BCUT2D eigenvalue weighted by molar-refractivity contribution is 6.07. The summed E-state index contributed by atoms with van der Waals surface area (Å²) in [6, 6.07) is 56.2. The molecule has 4 heterocycles. The van der Waals surface area contributed by atoms with Gasteiger partial charge in [-0.2, -0.15) is 0 Å². The number of hydrogen-bond donors (Lipinski definition) is 0. The molecule has 0 aliphatic heterocycles. The predicted molar refractivity (Wildman–Crippen MR) is 223 cm³/mol. The lowest BCUT2D eigenvalue weighted by atomic mass is 9.94. The van der Waals surface area contributed by atoms with E-state index in [2.05, 4.69) is 106 Å². The molecule has 11 rings (SSSR count). The van der Waals surface area contributed by atoms with E-state index in [1.54, 1.807) is 0 Å². The number of para-hydroxylation sites is 2. The SMILES string of the molecule is c1ccc(-c2cc(-c3cccc(-c4ncncn4)c3)nc(-c3cc(-c4ccc5oc6ccccc6c5c4)cc(-c4ccc5oc6ccccc6c5c4)c3)n2)cc1. The Balaban J connectivity index is 1.13.